The molecule has 0 radical (unpaired) electrons. The van der Waals surface area contributed by atoms with Gasteiger partial charge in [0, 0.05) is 32.8 Å². The highest BCUT2D eigenvalue weighted by molar-refractivity contribution is 5.31. The van der Waals surface area contributed by atoms with Gasteiger partial charge in [-0.15, -0.1) is 0 Å². The zero-order valence-corrected chi connectivity index (χ0v) is 15.3. The van der Waals surface area contributed by atoms with Gasteiger partial charge >= 0.3 is 0 Å². The summed E-state index contributed by atoms with van der Waals surface area (Å²) in [5.74, 6) is 0. The van der Waals surface area contributed by atoms with Gasteiger partial charge in [0.2, 0.25) is 0 Å². The van der Waals surface area contributed by atoms with E-state index in [1.165, 1.54) is 24.1 Å². The molecule has 0 atom stereocenters. The molecule has 2 aromatic rings. The minimum Gasteiger partial charge on any atom is -0.380 e. The van der Waals surface area contributed by atoms with E-state index in [1.807, 2.05) is 0 Å². The molecule has 0 unspecified atom stereocenters. The van der Waals surface area contributed by atoms with Crippen LogP contribution in [0.15, 0.2) is 60.7 Å². The zero-order chi connectivity index (χ0) is 17.3. The number of hydrogen-bond acceptors (Lipinski definition) is 3. The molecule has 1 heterocycles. The molecule has 3 rings (SSSR count). The molecule has 0 saturated carbocycles. The van der Waals surface area contributed by atoms with E-state index in [0.29, 0.717) is 6.04 Å². The number of hydrogen-bond donors (Lipinski definition) is 0. The van der Waals surface area contributed by atoms with Crippen LogP contribution in [0.25, 0.3) is 0 Å². The molecule has 1 aliphatic heterocycles. The smallest absolute Gasteiger partial charge is 0.0602 e. The number of benzene rings is 2. The van der Waals surface area contributed by atoms with Crippen LogP contribution in [0.2, 0.25) is 0 Å². The quantitative estimate of drug-likeness (QED) is 0.714. The second-order valence-electron chi connectivity index (χ2n) is 6.65. The molecule has 3 nitrogen and oxygen atoms in total. The Hall–Kier alpha value is -1.68. The first-order chi connectivity index (χ1) is 12.4. The third kappa shape index (κ3) is 5.15. The van der Waals surface area contributed by atoms with Gasteiger partial charge in [-0.3, -0.25) is 9.80 Å². The molecule has 25 heavy (non-hydrogen) atoms. The van der Waals surface area contributed by atoms with Crippen LogP contribution in [-0.4, -0.2) is 55.7 Å². The molecule has 0 aromatic heterocycles. The van der Waals surface area contributed by atoms with Crippen molar-refractivity contribution < 1.29 is 4.74 Å². The van der Waals surface area contributed by atoms with Gasteiger partial charge in [0.05, 0.1) is 12.6 Å². The van der Waals surface area contributed by atoms with Gasteiger partial charge in [0.1, 0.15) is 0 Å². The molecular weight excluding hydrogens is 308 g/mol. The third-order valence-corrected chi connectivity index (χ3v) is 4.97. The van der Waals surface area contributed by atoms with Crippen molar-refractivity contribution in [3.05, 3.63) is 71.8 Å². The Balaban J connectivity index is 1.73. The molecule has 0 N–H and O–H groups in total. The van der Waals surface area contributed by atoms with Crippen LogP contribution in [0.3, 0.4) is 0 Å². The van der Waals surface area contributed by atoms with E-state index in [-0.39, 0.29) is 0 Å². The largest absolute Gasteiger partial charge is 0.380 e. The summed E-state index contributed by atoms with van der Waals surface area (Å²) in [6.07, 6.45) is 1.21. The lowest BCUT2D eigenvalue weighted by molar-refractivity contribution is 0.114. The van der Waals surface area contributed by atoms with Gasteiger partial charge in [-0.2, -0.15) is 0 Å². The van der Waals surface area contributed by atoms with Gasteiger partial charge in [-0.1, -0.05) is 60.7 Å². The normalized spacial score (nSPS) is 16.9. The summed E-state index contributed by atoms with van der Waals surface area (Å²) >= 11 is 0. The number of rotatable bonds is 7. The molecule has 1 saturated heterocycles. The monoisotopic (exact) mass is 338 g/mol. The molecule has 0 bridgehead atoms. The molecule has 3 heteroatoms. The molecule has 0 aliphatic carbocycles. The Bertz CT molecular complexity index is 562. The maximum Gasteiger partial charge on any atom is 0.0602 e. The van der Waals surface area contributed by atoms with Crippen molar-refractivity contribution in [1.82, 2.24) is 9.80 Å². The van der Waals surface area contributed by atoms with Crippen LogP contribution in [0, 0.1) is 0 Å². The lowest BCUT2D eigenvalue weighted by Gasteiger charge is -2.31. The van der Waals surface area contributed by atoms with Crippen molar-refractivity contribution in [2.75, 3.05) is 45.9 Å². The predicted octanol–water partition coefficient (Wildman–Crippen LogP) is 3.82. The minimum atomic E-state index is 0.342. The van der Waals surface area contributed by atoms with Crippen molar-refractivity contribution in [2.24, 2.45) is 0 Å². The summed E-state index contributed by atoms with van der Waals surface area (Å²) in [7, 11) is 0. The van der Waals surface area contributed by atoms with E-state index in [2.05, 4.69) is 77.4 Å². The highest BCUT2D eigenvalue weighted by Gasteiger charge is 2.24. The molecule has 1 aliphatic rings. The summed E-state index contributed by atoms with van der Waals surface area (Å²) < 4.78 is 5.53. The average molecular weight is 338 g/mol. The standard InChI is InChI=1S/C22H30N2O/c1-2-25-19-18-23-14-9-15-24(17-16-23)22(20-10-5-3-6-11-20)21-12-7-4-8-13-21/h3-8,10-13,22H,2,9,14-19H2,1H3. The molecule has 2 aromatic carbocycles. The molecule has 1 fully saturated rings. The van der Waals surface area contributed by atoms with Crippen molar-refractivity contribution in [3.63, 3.8) is 0 Å². The second-order valence-corrected chi connectivity index (χ2v) is 6.65. The van der Waals surface area contributed by atoms with E-state index in [1.54, 1.807) is 0 Å². The van der Waals surface area contributed by atoms with Crippen molar-refractivity contribution in [3.8, 4) is 0 Å². The van der Waals surface area contributed by atoms with Crippen LogP contribution < -0.4 is 0 Å². The van der Waals surface area contributed by atoms with E-state index in [9.17, 15) is 0 Å². The van der Waals surface area contributed by atoms with Gasteiger partial charge in [0.15, 0.2) is 0 Å². The topological polar surface area (TPSA) is 15.7 Å². The Labute approximate surface area is 152 Å². The number of ether oxygens (including phenoxy) is 1. The maximum absolute atomic E-state index is 5.53. The van der Waals surface area contributed by atoms with Crippen LogP contribution in [-0.2, 0) is 4.74 Å². The summed E-state index contributed by atoms with van der Waals surface area (Å²) in [6, 6.07) is 22.2. The fourth-order valence-electron chi connectivity index (χ4n) is 3.70. The summed E-state index contributed by atoms with van der Waals surface area (Å²) in [5.41, 5.74) is 2.77. The fourth-order valence-corrected chi connectivity index (χ4v) is 3.70. The third-order valence-electron chi connectivity index (χ3n) is 4.97. The molecule has 0 spiro atoms. The molecule has 134 valence electrons. The highest BCUT2D eigenvalue weighted by atomic mass is 16.5. The second kappa shape index (κ2) is 9.71. The molecular formula is C22H30N2O. The predicted molar refractivity (Wildman–Crippen MR) is 104 cm³/mol. The first kappa shape index (κ1) is 18.1. The van der Waals surface area contributed by atoms with Crippen molar-refractivity contribution in [2.45, 2.75) is 19.4 Å². The lowest BCUT2D eigenvalue weighted by Crippen LogP contribution is -2.35. The Kier molecular flexibility index (Phi) is 7.04. The Morgan fingerprint density at radius 1 is 0.840 bits per heavy atom. The van der Waals surface area contributed by atoms with E-state index < -0.39 is 0 Å². The van der Waals surface area contributed by atoms with Crippen LogP contribution in [0.1, 0.15) is 30.5 Å². The number of nitrogens with zero attached hydrogens (tertiary/aromatic N) is 2. The van der Waals surface area contributed by atoms with E-state index in [0.717, 1.165) is 39.4 Å². The van der Waals surface area contributed by atoms with Gasteiger partial charge < -0.3 is 4.74 Å². The summed E-state index contributed by atoms with van der Waals surface area (Å²) in [6.45, 7) is 9.28. The van der Waals surface area contributed by atoms with Gasteiger partial charge in [0.25, 0.3) is 0 Å². The molecule has 0 amide bonds. The summed E-state index contributed by atoms with van der Waals surface area (Å²) in [4.78, 5) is 5.19. The maximum atomic E-state index is 5.53. The Morgan fingerprint density at radius 2 is 1.48 bits per heavy atom. The van der Waals surface area contributed by atoms with Gasteiger partial charge in [-0.25, -0.2) is 0 Å². The highest BCUT2D eigenvalue weighted by Crippen LogP contribution is 2.29. The van der Waals surface area contributed by atoms with Crippen LogP contribution in [0.4, 0.5) is 0 Å². The Morgan fingerprint density at radius 3 is 2.08 bits per heavy atom. The van der Waals surface area contributed by atoms with E-state index in [4.69, 9.17) is 4.74 Å². The minimum absolute atomic E-state index is 0.342. The van der Waals surface area contributed by atoms with E-state index >= 15 is 0 Å². The average Bonchev–Trinajstić information content (AvgIpc) is 2.90. The first-order valence-electron chi connectivity index (χ1n) is 9.52. The fraction of sp³-hybridized carbons (Fsp3) is 0.455. The van der Waals surface area contributed by atoms with Gasteiger partial charge in [-0.05, 0) is 31.0 Å². The zero-order valence-electron chi connectivity index (χ0n) is 15.3. The lowest BCUT2D eigenvalue weighted by atomic mass is 9.97. The first-order valence-corrected chi connectivity index (χ1v) is 9.52. The SMILES string of the molecule is CCOCCN1CCCN(C(c2ccccc2)c2ccccc2)CC1. The van der Waals surface area contributed by atoms with Crippen molar-refractivity contribution >= 4 is 0 Å². The van der Waals surface area contributed by atoms with Crippen LogP contribution >= 0.6 is 0 Å². The van der Waals surface area contributed by atoms with Crippen LogP contribution in [0.5, 0.6) is 0 Å². The summed E-state index contributed by atoms with van der Waals surface area (Å²) in [5, 5.41) is 0. The van der Waals surface area contributed by atoms with Crippen molar-refractivity contribution in [1.29, 1.82) is 0 Å².